The Morgan fingerprint density at radius 3 is 2.55 bits per heavy atom. The molecule has 0 radical (unpaired) electrons. The van der Waals surface area contributed by atoms with E-state index in [0.29, 0.717) is 6.54 Å². The second-order valence-electron chi connectivity index (χ2n) is 7.10. The molecule has 0 aromatic carbocycles. The molecule has 33 heavy (non-hydrogen) atoms. The van der Waals surface area contributed by atoms with Crippen LogP contribution in [0.25, 0.3) is 28.1 Å². The first-order chi connectivity index (χ1) is 15.5. The highest BCUT2D eigenvalue weighted by Gasteiger charge is 2.34. The van der Waals surface area contributed by atoms with Gasteiger partial charge in [0.2, 0.25) is 0 Å². The van der Waals surface area contributed by atoms with Crippen molar-refractivity contribution in [1.82, 2.24) is 34.4 Å². The van der Waals surface area contributed by atoms with Crippen LogP contribution in [0, 0.1) is 0 Å². The number of pyridine rings is 1. The Bertz CT molecular complexity index is 1510. The Kier molecular flexibility index (Phi) is 5.35. The van der Waals surface area contributed by atoms with E-state index in [1.165, 1.54) is 30.9 Å². The highest BCUT2D eigenvalue weighted by atomic mass is 32.2. The van der Waals surface area contributed by atoms with Crippen molar-refractivity contribution < 1.29 is 26.4 Å². The first kappa shape index (κ1) is 22.6. The van der Waals surface area contributed by atoms with Crippen molar-refractivity contribution in [2.75, 3.05) is 12.3 Å². The normalized spacial score (nSPS) is 12.5. The zero-order valence-corrected chi connectivity index (χ0v) is 18.5. The van der Waals surface area contributed by atoms with Crippen LogP contribution in [-0.4, -0.2) is 55.8 Å². The number of fused-ring (bicyclic) bond motifs is 2. The highest BCUT2D eigenvalue weighted by molar-refractivity contribution is 7.91. The third-order valence-corrected chi connectivity index (χ3v) is 6.63. The predicted octanol–water partition coefficient (Wildman–Crippen LogP) is 2.24. The fraction of sp³-hybridized carbons (Fsp3) is 0.316. The number of aromatic nitrogens is 6. The van der Waals surface area contributed by atoms with Crippen molar-refractivity contribution in [3.05, 3.63) is 35.9 Å². The number of amides is 1. The van der Waals surface area contributed by atoms with E-state index < -0.39 is 27.6 Å². The van der Waals surface area contributed by atoms with Crippen LogP contribution in [0.1, 0.15) is 29.9 Å². The lowest BCUT2D eigenvalue weighted by atomic mass is 10.3. The molecule has 14 heteroatoms. The minimum atomic E-state index is -4.66. The van der Waals surface area contributed by atoms with Crippen molar-refractivity contribution in [2.24, 2.45) is 7.05 Å². The number of imidazole rings is 1. The second kappa shape index (κ2) is 7.79. The monoisotopic (exact) mass is 481 g/mol. The van der Waals surface area contributed by atoms with Crippen molar-refractivity contribution in [3.8, 4) is 11.4 Å². The summed E-state index contributed by atoms with van der Waals surface area (Å²) in [5.41, 5.74) is -0.623. The van der Waals surface area contributed by atoms with E-state index in [1.54, 1.807) is 6.92 Å². The number of aryl methyl sites for hydroxylation is 1. The number of halogens is 3. The molecule has 4 aromatic heterocycles. The van der Waals surface area contributed by atoms with Crippen LogP contribution in [0.15, 0.2) is 29.7 Å². The molecular weight excluding hydrogens is 463 g/mol. The minimum absolute atomic E-state index is 0.0200. The van der Waals surface area contributed by atoms with Crippen molar-refractivity contribution >= 4 is 32.4 Å². The molecule has 4 aromatic rings. The number of alkyl halides is 3. The number of sulfone groups is 1. The molecule has 0 fully saturated rings. The lowest BCUT2D eigenvalue weighted by molar-refractivity contribution is -0.141. The average Bonchev–Trinajstić information content (AvgIpc) is 3.30. The van der Waals surface area contributed by atoms with Gasteiger partial charge in [-0.1, -0.05) is 6.92 Å². The van der Waals surface area contributed by atoms with Crippen LogP contribution < -0.4 is 5.32 Å². The van der Waals surface area contributed by atoms with Gasteiger partial charge in [-0.05, 0) is 13.0 Å². The Morgan fingerprint density at radius 2 is 1.91 bits per heavy atom. The maximum absolute atomic E-state index is 13.1. The molecule has 4 heterocycles. The maximum atomic E-state index is 13.1. The summed E-state index contributed by atoms with van der Waals surface area (Å²) in [5.74, 6) is -0.653. The van der Waals surface area contributed by atoms with E-state index in [9.17, 15) is 26.4 Å². The molecule has 4 rings (SSSR count). The van der Waals surface area contributed by atoms with Gasteiger partial charge < -0.3 is 9.88 Å². The molecule has 1 N–H and O–H groups in total. The molecule has 0 aliphatic carbocycles. The number of hydrogen-bond donors (Lipinski definition) is 1. The van der Waals surface area contributed by atoms with Gasteiger partial charge in [0, 0.05) is 26.0 Å². The summed E-state index contributed by atoms with van der Waals surface area (Å²) in [4.78, 5) is 24.1. The molecule has 174 valence electrons. The van der Waals surface area contributed by atoms with Gasteiger partial charge in [-0.3, -0.25) is 4.79 Å². The van der Waals surface area contributed by atoms with E-state index >= 15 is 0 Å². The summed E-state index contributed by atoms with van der Waals surface area (Å²) in [6.45, 7) is 3.56. The van der Waals surface area contributed by atoms with E-state index in [4.69, 9.17) is 0 Å². The Hall–Kier alpha value is -3.55. The molecule has 0 spiro atoms. The van der Waals surface area contributed by atoms with Crippen LogP contribution in [0.4, 0.5) is 13.2 Å². The quantitative estimate of drug-likeness (QED) is 0.464. The summed E-state index contributed by atoms with van der Waals surface area (Å²) < 4.78 is 67.5. The molecule has 0 atom stereocenters. The second-order valence-corrected chi connectivity index (χ2v) is 9.30. The summed E-state index contributed by atoms with van der Waals surface area (Å²) in [7, 11) is -2.37. The SMILES string of the molecule is CCNC(=O)c1cnc2c(-c3nc4cc(C(F)(F)F)ncc4n3C)c(S(=O)(=O)CC)nn2c1. The third-order valence-electron chi connectivity index (χ3n) is 5.00. The van der Waals surface area contributed by atoms with Gasteiger partial charge in [-0.2, -0.15) is 18.3 Å². The van der Waals surface area contributed by atoms with Gasteiger partial charge >= 0.3 is 6.18 Å². The van der Waals surface area contributed by atoms with Gasteiger partial charge in [0.1, 0.15) is 17.1 Å². The smallest absolute Gasteiger partial charge is 0.352 e. The lowest BCUT2D eigenvalue weighted by Crippen LogP contribution is -2.23. The number of carbonyl (C=O) groups is 1. The maximum Gasteiger partial charge on any atom is 0.433 e. The molecule has 0 aliphatic heterocycles. The summed E-state index contributed by atoms with van der Waals surface area (Å²) in [6, 6.07) is 0.791. The fourth-order valence-electron chi connectivity index (χ4n) is 3.31. The van der Waals surface area contributed by atoms with Crippen molar-refractivity contribution in [3.63, 3.8) is 0 Å². The largest absolute Gasteiger partial charge is 0.433 e. The number of nitrogens with zero attached hydrogens (tertiary/aromatic N) is 6. The van der Waals surface area contributed by atoms with Crippen LogP contribution in [-0.2, 0) is 23.1 Å². The number of nitrogens with one attached hydrogen (secondary N) is 1. The zero-order valence-electron chi connectivity index (χ0n) is 17.7. The molecule has 0 aliphatic rings. The standard InChI is InChI=1S/C19H18F3N7O3S/c1-4-23-17(30)10-7-25-15-14(18(27-29(15)9-10)33(31,32)5-2)16-26-11-6-13(19(20,21)22)24-8-12(11)28(16)3/h6-9H,4-5H2,1-3H3,(H,23,30). The summed E-state index contributed by atoms with van der Waals surface area (Å²) >= 11 is 0. The Morgan fingerprint density at radius 1 is 1.18 bits per heavy atom. The number of carbonyl (C=O) groups excluding carboxylic acids is 1. The van der Waals surface area contributed by atoms with Crippen LogP contribution in [0.5, 0.6) is 0 Å². The molecule has 0 saturated carbocycles. The zero-order chi connectivity index (χ0) is 24.1. The Balaban J connectivity index is 2.01. The van der Waals surface area contributed by atoms with Gasteiger partial charge in [-0.25, -0.2) is 27.9 Å². The van der Waals surface area contributed by atoms with Crippen molar-refractivity contribution in [1.29, 1.82) is 0 Å². The molecule has 0 bridgehead atoms. The minimum Gasteiger partial charge on any atom is -0.352 e. The highest BCUT2D eigenvalue weighted by Crippen LogP contribution is 2.34. The molecule has 10 nitrogen and oxygen atoms in total. The third kappa shape index (κ3) is 3.79. The summed E-state index contributed by atoms with van der Waals surface area (Å²) in [5, 5.41) is 6.41. The molecule has 0 saturated heterocycles. The molecule has 1 amide bonds. The van der Waals surface area contributed by atoms with E-state index in [1.807, 2.05) is 0 Å². The van der Waals surface area contributed by atoms with E-state index in [-0.39, 0.29) is 44.4 Å². The van der Waals surface area contributed by atoms with E-state index in [2.05, 4.69) is 25.4 Å². The van der Waals surface area contributed by atoms with Gasteiger partial charge in [0.25, 0.3) is 5.91 Å². The predicted molar refractivity (Wildman–Crippen MR) is 111 cm³/mol. The molecular formula is C19H18F3N7O3S. The first-order valence-corrected chi connectivity index (χ1v) is 11.4. The number of hydrogen-bond acceptors (Lipinski definition) is 7. The van der Waals surface area contributed by atoms with Crippen molar-refractivity contribution in [2.45, 2.75) is 25.0 Å². The molecule has 0 unspecified atom stereocenters. The summed E-state index contributed by atoms with van der Waals surface area (Å²) in [6.07, 6.45) is -1.05. The first-order valence-electron chi connectivity index (χ1n) is 9.77. The fourth-order valence-corrected chi connectivity index (χ4v) is 4.29. The van der Waals surface area contributed by atoms with Crippen LogP contribution in [0.3, 0.4) is 0 Å². The van der Waals surface area contributed by atoms with Gasteiger partial charge in [0.05, 0.1) is 28.5 Å². The Labute approximate surface area is 185 Å². The van der Waals surface area contributed by atoms with E-state index in [0.717, 1.165) is 16.8 Å². The number of rotatable bonds is 5. The lowest BCUT2D eigenvalue weighted by Gasteiger charge is -2.05. The topological polar surface area (TPSA) is 124 Å². The van der Waals surface area contributed by atoms with Gasteiger partial charge in [0.15, 0.2) is 20.5 Å². The van der Waals surface area contributed by atoms with Crippen LogP contribution in [0.2, 0.25) is 0 Å². The van der Waals surface area contributed by atoms with Gasteiger partial charge in [-0.15, -0.1) is 0 Å². The van der Waals surface area contributed by atoms with Crippen LogP contribution >= 0.6 is 0 Å². The average molecular weight is 481 g/mol.